The highest BCUT2D eigenvalue weighted by Gasteiger charge is 2.31. The molecule has 0 saturated carbocycles. The molecule has 1 aromatic carbocycles. The smallest absolute Gasteiger partial charge is 0.225 e. The number of hydrogen-bond acceptors (Lipinski definition) is 4. The number of benzene rings is 1. The lowest BCUT2D eigenvalue weighted by Crippen LogP contribution is -2.49. The number of ether oxygens (including phenoxy) is 2. The molecule has 2 aliphatic rings. The molecule has 1 aromatic rings. The minimum atomic E-state index is 0.0267. The lowest BCUT2D eigenvalue weighted by molar-refractivity contribution is -0.136. The predicted octanol–water partition coefficient (Wildman–Crippen LogP) is 1.74. The third-order valence-corrected chi connectivity index (χ3v) is 4.49. The van der Waals surface area contributed by atoms with Gasteiger partial charge in [-0.3, -0.25) is 4.79 Å². The van der Waals surface area contributed by atoms with Gasteiger partial charge in [-0.05, 0) is 18.9 Å². The van der Waals surface area contributed by atoms with Crippen LogP contribution < -0.4 is 10.1 Å². The van der Waals surface area contributed by atoms with E-state index in [2.05, 4.69) is 5.32 Å². The summed E-state index contributed by atoms with van der Waals surface area (Å²) in [6.45, 7) is 3.12. The van der Waals surface area contributed by atoms with Gasteiger partial charge in [-0.15, -0.1) is 0 Å². The number of methoxy groups -OCH3 is 1. The van der Waals surface area contributed by atoms with Crippen LogP contribution in [-0.2, 0) is 9.53 Å². The molecule has 5 heteroatoms. The Labute approximate surface area is 131 Å². The zero-order valence-electron chi connectivity index (χ0n) is 13.1. The molecular weight excluding hydrogens is 280 g/mol. The molecule has 0 aromatic heterocycles. The van der Waals surface area contributed by atoms with Crippen molar-refractivity contribution in [3.63, 3.8) is 0 Å². The lowest BCUT2D eigenvalue weighted by atomic mass is 10.0. The summed E-state index contributed by atoms with van der Waals surface area (Å²) in [7, 11) is 1.67. The maximum absolute atomic E-state index is 12.7. The van der Waals surface area contributed by atoms with Gasteiger partial charge in [0.15, 0.2) is 0 Å². The second-order valence-corrected chi connectivity index (χ2v) is 5.89. The fraction of sp³-hybridized carbons (Fsp3) is 0.588. The Kier molecular flexibility index (Phi) is 4.95. The van der Waals surface area contributed by atoms with E-state index >= 15 is 0 Å². The monoisotopic (exact) mass is 304 g/mol. The maximum atomic E-state index is 12.7. The molecule has 1 amide bonds. The van der Waals surface area contributed by atoms with E-state index in [-0.39, 0.29) is 18.1 Å². The maximum Gasteiger partial charge on any atom is 0.225 e. The molecule has 2 atom stereocenters. The molecule has 0 spiro atoms. The van der Waals surface area contributed by atoms with E-state index in [9.17, 15) is 4.79 Å². The van der Waals surface area contributed by atoms with Crippen LogP contribution in [-0.4, -0.2) is 50.3 Å². The Bertz CT molecular complexity index is 514. The van der Waals surface area contributed by atoms with E-state index in [1.165, 1.54) is 0 Å². The molecule has 2 saturated heterocycles. The molecule has 22 heavy (non-hydrogen) atoms. The highest BCUT2D eigenvalue weighted by Crippen LogP contribution is 2.31. The van der Waals surface area contributed by atoms with E-state index in [1.807, 2.05) is 29.2 Å². The van der Waals surface area contributed by atoms with Crippen LogP contribution in [0, 0.1) is 0 Å². The lowest BCUT2D eigenvalue weighted by Gasteiger charge is -2.37. The summed E-state index contributed by atoms with van der Waals surface area (Å²) in [4.78, 5) is 14.7. The van der Waals surface area contributed by atoms with Gasteiger partial charge in [0.05, 0.1) is 25.7 Å². The number of para-hydroxylation sites is 1. The van der Waals surface area contributed by atoms with Crippen LogP contribution >= 0.6 is 0 Å². The highest BCUT2D eigenvalue weighted by molar-refractivity contribution is 5.77. The van der Waals surface area contributed by atoms with Crippen molar-refractivity contribution in [2.24, 2.45) is 0 Å². The average molecular weight is 304 g/mol. The molecule has 5 nitrogen and oxygen atoms in total. The Balaban J connectivity index is 1.76. The topological polar surface area (TPSA) is 50.8 Å². The standard InChI is InChI=1S/C17H24N2O3/c1-21-16-7-3-2-6-14(16)15-12-18-8-9-19(15)17(20)11-13-5-4-10-22-13/h2-3,6-7,13,15,18H,4-5,8-12H2,1H3. The summed E-state index contributed by atoms with van der Waals surface area (Å²) >= 11 is 0. The first-order chi connectivity index (χ1) is 10.8. The van der Waals surface area contributed by atoms with Crippen molar-refractivity contribution in [3.8, 4) is 5.75 Å². The molecule has 0 radical (unpaired) electrons. The van der Waals surface area contributed by atoms with Crippen LogP contribution in [0.4, 0.5) is 0 Å². The van der Waals surface area contributed by atoms with Crippen molar-refractivity contribution in [2.75, 3.05) is 33.4 Å². The number of nitrogens with one attached hydrogen (secondary N) is 1. The normalized spacial score (nSPS) is 25.2. The van der Waals surface area contributed by atoms with Crippen molar-refractivity contribution in [1.82, 2.24) is 10.2 Å². The molecule has 2 aliphatic heterocycles. The van der Waals surface area contributed by atoms with Gasteiger partial charge >= 0.3 is 0 Å². The molecular formula is C17H24N2O3. The minimum Gasteiger partial charge on any atom is -0.496 e. The summed E-state index contributed by atoms with van der Waals surface area (Å²) in [5.74, 6) is 1.02. The predicted molar refractivity (Wildman–Crippen MR) is 83.9 cm³/mol. The van der Waals surface area contributed by atoms with E-state index in [0.717, 1.165) is 50.4 Å². The zero-order chi connectivity index (χ0) is 15.4. The summed E-state index contributed by atoms with van der Waals surface area (Å²) in [5, 5.41) is 3.38. The van der Waals surface area contributed by atoms with Gasteiger partial charge in [-0.1, -0.05) is 18.2 Å². The zero-order valence-corrected chi connectivity index (χ0v) is 13.1. The first kappa shape index (κ1) is 15.3. The third kappa shape index (κ3) is 3.25. The van der Waals surface area contributed by atoms with Crippen LogP contribution in [0.3, 0.4) is 0 Å². The average Bonchev–Trinajstić information content (AvgIpc) is 3.07. The van der Waals surface area contributed by atoms with Crippen LogP contribution in [0.5, 0.6) is 5.75 Å². The van der Waals surface area contributed by atoms with Crippen molar-refractivity contribution < 1.29 is 14.3 Å². The van der Waals surface area contributed by atoms with Gasteiger partial charge in [0.2, 0.25) is 5.91 Å². The van der Waals surface area contributed by atoms with E-state index in [0.29, 0.717) is 6.42 Å². The Morgan fingerprint density at radius 2 is 2.32 bits per heavy atom. The number of carbonyl (C=O) groups is 1. The number of nitrogens with zero attached hydrogens (tertiary/aromatic N) is 1. The summed E-state index contributed by atoms with van der Waals surface area (Å²) in [6, 6.07) is 7.97. The number of amides is 1. The Hall–Kier alpha value is -1.59. The van der Waals surface area contributed by atoms with E-state index in [4.69, 9.17) is 9.47 Å². The Morgan fingerprint density at radius 3 is 3.09 bits per heavy atom. The van der Waals surface area contributed by atoms with Gasteiger partial charge < -0.3 is 19.7 Å². The molecule has 120 valence electrons. The fourth-order valence-corrected chi connectivity index (χ4v) is 3.34. The summed E-state index contributed by atoms with van der Waals surface area (Å²) < 4.78 is 11.1. The van der Waals surface area contributed by atoms with Crippen molar-refractivity contribution in [2.45, 2.75) is 31.4 Å². The second-order valence-electron chi connectivity index (χ2n) is 5.89. The Morgan fingerprint density at radius 1 is 1.45 bits per heavy atom. The van der Waals surface area contributed by atoms with Gasteiger partial charge in [0.1, 0.15) is 5.75 Å². The molecule has 2 heterocycles. The van der Waals surface area contributed by atoms with Gasteiger partial charge in [-0.25, -0.2) is 0 Å². The fourth-order valence-electron chi connectivity index (χ4n) is 3.34. The van der Waals surface area contributed by atoms with Crippen LogP contribution in [0.2, 0.25) is 0 Å². The van der Waals surface area contributed by atoms with Crippen molar-refractivity contribution in [3.05, 3.63) is 29.8 Å². The molecule has 1 N–H and O–H groups in total. The first-order valence-electron chi connectivity index (χ1n) is 8.04. The number of hydrogen-bond donors (Lipinski definition) is 1. The van der Waals surface area contributed by atoms with Gasteiger partial charge in [0, 0.05) is 31.8 Å². The number of rotatable bonds is 4. The number of piperazine rings is 1. The van der Waals surface area contributed by atoms with Crippen LogP contribution in [0.1, 0.15) is 30.9 Å². The summed E-state index contributed by atoms with van der Waals surface area (Å²) in [5.41, 5.74) is 1.07. The SMILES string of the molecule is COc1ccccc1C1CNCCN1C(=O)CC1CCCO1. The molecule has 0 bridgehead atoms. The molecule has 2 fully saturated rings. The van der Waals surface area contributed by atoms with Gasteiger partial charge in [-0.2, -0.15) is 0 Å². The highest BCUT2D eigenvalue weighted by atomic mass is 16.5. The van der Waals surface area contributed by atoms with Gasteiger partial charge in [0.25, 0.3) is 0 Å². The van der Waals surface area contributed by atoms with E-state index < -0.39 is 0 Å². The van der Waals surface area contributed by atoms with Crippen molar-refractivity contribution >= 4 is 5.91 Å². The number of carbonyl (C=O) groups excluding carboxylic acids is 1. The third-order valence-electron chi connectivity index (χ3n) is 4.49. The van der Waals surface area contributed by atoms with Crippen molar-refractivity contribution in [1.29, 1.82) is 0 Å². The first-order valence-corrected chi connectivity index (χ1v) is 8.04. The molecule has 2 unspecified atom stereocenters. The van der Waals surface area contributed by atoms with E-state index in [1.54, 1.807) is 7.11 Å². The second kappa shape index (κ2) is 7.11. The summed E-state index contributed by atoms with van der Waals surface area (Å²) in [6.07, 6.45) is 2.65. The van der Waals surface area contributed by atoms with Crippen LogP contribution in [0.15, 0.2) is 24.3 Å². The molecule has 0 aliphatic carbocycles. The quantitative estimate of drug-likeness (QED) is 0.920. The largest absolute Gasteiger partial charge is 0.496 e. The minimum absolute atomic E-state index is 0.0267. The van der Waals surface area contributed by atoms with Crippen LogP contribution in [0.25, 0.3) is 0 Å². The molecule has 3 rings (SSSR count).